The van der Waals surface area contributed by atoms with E-state index in [1.165, 1.54) is 32.1 Å². The van der Waals surface area contributed by atoms with E-state index >= 15 is 0 Å². The molecule has 3 aromatic rings. The molecule has 0 aliphatic heterocycles. The van der Waals surface area contributed by atoms with Crippen LogP contribution in [0.1, 0.15) is 32.1 Å². The van der Waals surface area contributed by atoms with E-state index in [1.807, 2.05) is 0 Å². The molecule has 24 heavy (non-hydrogen) atoms. The summed E-state index contributed by atoms with van der Waals surface area (Å²) in [4.78, 5) is 27.4. The lowest BCUT2D eigenvalue weighted by atomic mass is 9.90. The summed E-state index contributed by atoms with van der Waals surface area (Å²) in [7, 11) is 0. The fourth-order valence-corrected chi connectivity index (χ4v) is 3.34. The minimum Gasteiger partial charge on any atom is -0.493 e. The van der Waals surface area contributed by atoms with Crippen LogP contribution in [-0.2, 0) is 0 Å². The monoisotopic (exact) mass is 326 g/mol. The van der Waals surface area contributed by atoms with Crippen molar-refractivity contribution < 1.29 is 4.74 Å². The van der Waals surface area contributed by atoms with Gasteiger partial charge in [0.1, 0.15) is 11.3 Å². The van der Waals surface area contributed by atoms with E-state index in [0.717, 1.165) is 0 Å². The standard InChI is InChI=1S/C17H18N4O3/c22-16-12-7-6-11(24-9-10-4-2-1-3-5-10)8-13(12)18-17(23)15-14(16)19-21-20-15/h6-8,10H,1-5,9H2,(H,18,23)(H,19,20,21). The van der Waals surface area contributed by atoms with Gasteiger partial charge in [-0.2, -0.15) is 0 Å². The third-order valence-electron chi connectivity index (χ3n) is 4.69. The maximum Gasteiger partial charge on any atom is 0.278 e. The number of nitrogens with one attached hydrogen (secondary N) is 2. The Morgan fingerprint density at radius 3 is 2.83 bits per heavy atom. The molecule has 0 amide bonds. The zero-order chi connectivity index (χ0) is 16.5. The first-order valence-corrected chi connectivity index (χ1v) is 8.26. The molecule has 0 saturated heterocycles. The summed E-state index contributed by atoms with van der Waals surface area (Å²) in [6.07, 6.45) is 6.25. The number of fused-ring (bicyclic) bond motifs is 2. The van der Waals surface area contributed by atoms with Crippen LogP contribution in [0.4, 0.5) is 0 Å². The lowest BCUT2D eigenvalue weighted by molar-refractivity contribution is 0.209. The Labute approximate surface area is 137 Å². The van der Waals surface area contributed by atoms with Gasteiger partial charge in [-0.3, -0.25) is 14.7 Å². The molecule has 4 rings (SSSR count). The van der Waals surface area contributed by atoms with Crippen LogP contribution in [0.5, 0.6) is 5.75 Å². The molecule has 0 bridgehead atoms. The van der Waals surface area contributed by atoms with E-state index in [-0.39, 0.29) is 16.5 Å². The van der Waals surface area contributed by atoms with Gasteiger partial charge in [0.25, 0.3) is 5.56 Å². The number of nitrogens with zero attached hydrogens (tertiary/aromatic N) is 2. The average molecular weight is 326 g/mol. The minimum atomic E-state index is -0.449. The largest absolute Gasteiger partial charge is 0.493 e. The first kappa shape index (κ1) is 14.9. The molecule has 0 unspecified atom stereocenters. The fourth-order valence-electron chi connectivity index (χ4n) is 3.34. The van der Waals surface area contributed by atoms with E-state index < -0.39 is 5.56 Å². The van der Waals surface area contributed by atoms with Crippen molar-refractivity contribution in [3.63, 3.8) is 0 Å². The first-order valence-electron chi connectivity index (χ1n) is 8.26. The Kier molecular flexibility index (Phi) is 3.76. The molecule has 7 nitrogen and oxygen atoms in total. The average Bonchev–Trinajstić information content (AvgIpc) is 3.07. The molecule has 1 aliphatic carbocycles. The number of ether oxygens (including phenoxy) is 1. The predicted molar refractivity (Wildman–Crippen MR) is 90.4 cm³/mol. The molecule has 124 valence electrons. The van der Waals surface area contributed by atoms with Crippen molar-refractivity contribution in [1.29, 1.82) is 0 Å². The zero-order valence-electron chi connectivity index (χ0n) is 13.2. The summed E-state index contributed by atoms with van der Waals surface area (Å²) in [5, 5.41) is 10.1. The van der Waals surface area contributed by atoms with Crippen molar-refractivity contribution in [1.82, 2.24) is 20.4 Å². The van der Waals surface area contributed by atoms with Crippen LogP contribution < -0.4 is 15.7 Å². The van der Waals surface area contributed by atoms with E-state index in [1.54, 1.807) is 18.2 Å². The summed E-state index contributed by atoms with van der Waals surface area (Å²) >= 11 is 0. The molecule has 2 aromatic heterocycles. The van der Waals surface area contributed by atoms with Crippen molar-refractivity contribution in [3.05, 3.63) is 38.8 Å². The Hall–Kier alpha value is -2.70. The summed E-state index contributed by atoms with van der Waals surface area (Å²) in [5.41, 5.74) is -0.182. The van der Waals surface area contributed by atoms with Crippen molar-refractivity contribution in [2.75, 3.05) is 6.61 Å². The molecule has 2 N–H and O–H groups in total. The second kappa shape index (κ2) is 6.07. The first-order chi connectivity index (χ1) is 11.7. The van der Waals surface area contributed by atoms with Gasteiger partial charge in [-0.15, -0.1) is 5.10 Å². The Bertz CT molecular complexity index is 1000. The Balaban J connectivity index is 1.71. The van der Waals surface area contributed by atoms with E-state index in [0.29, 0.717) is 29.2 Å². The van der Waals surface area contributed by atoms with Gasteiger partial charge in [-0.05, 0) is 30.9 Å². The molecular formula is C17H18N4O3. The number of H-pyrrole nitrogens is 2. The zero-order valence-corrected chi connectivity index (χ0v) is 13.2. The van der Waals surface area contributed by atoms with Crippen molar-refractivity contribution in [2.24, 2.45) is 5.92 Å². The number of hydrogen-bond acceptors (Lipinski definition) is 5. The molecule has 1 aromatic carbocycles. The molecular weight excluding hydrogens is 308 g/mol. The van der Waals surface area contributed by atoms with Crippen LogP contribution in [-0.4, -0.2) is 27.0 Å². The quantitative estimate of drug-likeness (QED) is 0.768. The van der Waals surface area contributed by atoms with Crippen LogP contribution in [0.2, 0.25) is 0 Å². The van der Waals surface area contributed by atoms with Gasteiger partial charge in [0.2, 0.25) is 5.43 Å². The molecule has 1 saturated carbocycles. The molecule has 2 heterocycles. The normalized spacial score (nSPS) is 15.8. The van der Waals surface area contributed by atoms with Crippen LogP contribution >= 0.6 is 0 Å². The third-order valence-corrected chi connectivity index (χ3v) is 4.69. The van der Waals surface area contributed by atoms with Crippen LogP contribution in [0.15, 0.2) is 27.8 Å². The summed E-state index contributed by atoms with van der Waals surface area (Å²) in [6.45, 7) is 0.672. The lowest BCUT2D eigenvalue weighted by Crippen LogP contribution is -2.15. The number of aromatic nitrogens is 4. The highest BCUT2D eigenvalue weighted by atomic mass is 16.5. The second-order valence-electron chi connectivity index (χ2n) is 6.34. The fraction of sp³-hybridized carbons (Fsp3) is 0.412. The molecule has 0 atom stereocenters. The molecule has 0 spiro atoms. The van der Waals surface area contributed by atoms with Crippen molar-refractivity contribution in [3.8, 4) is 5.75 Å². The highest BCUT2D eigenvalue weighted by Gasteiger charge is 2.14. The highest BCUT2D eigenvalue weighted by molar-refractivity contribution is 5.87. The van der Waals surface area contributed by atoms with E-state index in [9.17, 15) is 9.59 Å². The number of aromatic amines is 2. The van der Waals surface area contributed by atoms with Gasteiger partial charge < -0.3 is 9.72 Å². The minimum absolute atomic E-state index is 0.0147. The lowest BCUT2D eigenvalue weighted by Gasteiger charge is -2.21. The van der Waals surface area contributed by atoms with E-state index in [4.69, 9.17) is 4.74 Å². The summed E-state index contributed by atoms with van der Waals surface area (Å²) < 4.78 is 5.88. The van der Waals surface area contributed by atoms with Crippen molar-refractivity contribution in [2.45, 2.75) is 32.1 Å². The van der Waals surface area contributed by atoms with Crippen LogP contribution in [0.3, 0.4) is 0 Å². The van der Waals surface area contributed by atoms with Gasteiger partial charge in [-0.1, -0.05) is 24.5 Å². The van der Waals surface area contributed by atoms with Crippen LogP contribution in [0, 0.1) is 5.92 Å². The van der Waals surface area contributed by atoms with Crippen LogP contribution in [0.25, 0.3) is 21.9 Å². The number of benzene rings is 1. The third kappa shape index (κ3) is 2.66. The second-order valence-corrected chi connectivity index (χ2v) is 6.34. The number of rotatable bonds is 3. The van der Waals surface area contributed by atoms with Gasteiger partial charge in [0.15, 0.2) is 5.52 Å². The highest BCUT2D eigenvalue weighted by Crippen LogP contribution is 2.25. The van der Waals surface area contributed by atoms with Crippen molar-refractivity contribution >= 4 is 21.9 Å². The van der Waals surface area contributed by atoms with E-state index in [2.05, 4.69) is 20.4 Å². The molecule has 1 fully saturated rings. The molecule has 7 heteroatoms. The maximum absolute atomic E-state index is 12.5. The SMILES string of the molecule is O=c1[nH]c2cc(OCC3CCCCC3)ccc2c(=O)c2[nH]nnc12. The van der Waals surface area contributed by atoms with Gasteiger partial charge in [-0.25, -0.2) is 0 Å². The smallest absolute Gasteiger partial charge is 0.278 e. The van der Waals surface area contributed by atoms with Gasteiger partial charge >= 0.3 is 0 Å². The summed E-state index contributed by atoms with van der Waals surface area (Å²) in [5.74, 6) is 1.24. The maximum atomic E-state index is 12.5. The molecule has 1 aliphatic rings. The topological polar surface area (TPSA) is 101 Å². The predicted octanol–water partition coefficient (Wildman–Crippen LogP) is 2.12. The Morgan fingerprint density at radius 2 is 2.00 bits per heavy atom. The number of hydrogen-bond donors (Lipinski definition) is 2. The molecule has 0 radical (unpaired) electrons. The van der Waals surface area contributed by atoms with Gasteiger partial charge in [0, 0.05) is 11.5 Å². The summed E-state index contributed by atoms with van der Waals surface area (Å²) in [6, 6.07) is 5.14. The van der Waals surface area contributed by atoms with Gasteiger partial charge in [0.05, 0.1) is 12.1 Å². The Morgan fingerprint density at radius 1 is 1.17 bits per heavy atom.